The molecule has 1 amide bonds. The summed E-state index contributed by atoms with van der Waals surface area (Å²) in [5, 5.41) is 0. The van der Waals surface area contributed by atoms with Crippen LogP contribution in [0.3, 0.4) is 0 Å². The Morgan fingerprint density at radius 1 is 1.19 bits per heavy atom. The van der Waals surface area contributed by atoms with Gasteiger partial charge in [0.1, 0.15) is 17.9 Å². The van der Waals surface area contributed by atoms with Gasteiger partial charge in [-0.3, -0.25) is 9.59 Å². The van der Waals surface area contributed by atoms with E-state index in [0.29, 0.717) is 11.4 Å². The van der Waals surface area contributed by atoms with Gasteiger partial charge in [0.15, 0.2) is 0 Å². The summed E-state index contributed by atoms with van der Waals surface area (Å²) in [6.07, 6.45) is 0. The molecule has 21 heavy (non-hydrogen) atoms. The third-order valence-electron chi connectivity index (χ3n) is 2.57. The van der Waals surface area contributed by atoms with Crippen molar-refractivity contribution in [3.05, 3.63) is 24.3 Å². The molecule has 1 aromatic carbocycles. The van der Waals surface area contributed by atoms with E-state index < -0.39 is 11.6 Å². The number of nitrogens with two attached hydrogens (primary N) is 1. The topological polar surface area (TPSA) is 81.9 Å². The molecule has 0 aliphatic rings. The van der Waals surface area contributed by atoms with Crippen LogP contribution in [0.2, 0.25) is 0 Å². The predicted octanol–water partition coefficient (Wildman–Crippen LogP) is 1.33. The highest BCUT2D eigenvalue weighted by atomic mass is 16.6. The zero-order valence-corrected chi connectivity index (χ0v) is 12.9. The van der Waals surface area contributed by atoms with Crippen LogP contribution in [-0.2, 0) is 14.3 Å². The number of hydrogen-bond donors (Lipinski definition) is 1. The fourth-order valence-electron chi connectivity index (χ4n) is 1.70. The number of carbonyl (C=O) groups excluding carboxylic acids is 2. The van der Waals surface area contributed by atoms with Gasteiger partial charge >= 0.3 is 5.97 Å². The van der Waals surface area contributed by atoms with Gasteiger partial charge in [-0.05, 0) is 45.0 Å². The minimum Gasteiger partial charge on any atom is -0.497 e. The first kappa shape index (κ1) is 17.0. The highest BCUT2D eigenvalue weighted by molar-refractivity contribution is 5.98. The number of benzene rings is 1. The molecule has 0 bridgehead atoms. The van der Waals surface area contributed by atoms with Crippen molar-refractivity contribution in [1.29, 1.82) is 0 Å². The zero-order valence-electron chi connectivity index (χ0n) is 12.9. The van der Waals surface area contributed by atoms with Crippen LogP contribution < -0.4 is 15.4 Å². The van der Waals surface area contributed by atoms with Gasteiger partial charge in [0.05, 0.1) is 13.7 Å². The predicted molar refractivity (Wildman–Crippen MR) is 80.2 cm³/mol. The first-order chi connectivity index (χ1) is 9.76. The second kappa shape index (κ2) is 7.08. The molecular weight excluding hydrogens is 272 g/mol. The number of amides is 1. The smallest absolute Gasteiger partial charge is 0.326 e. The molecule has 6 heteroatoms. The van der Waals surface area contributed by atoms with Crippen LogP contribution in [0.15, 0.2) is 24.3 Å². The van der Waals surface area contributed by atoms with Gasteiger partial charge in [-0.25, -0.2) is 0 Å². The van der Waals surface area contributed by atoms with E-state index in [1.165, 1.54) is 4.90 Å². The van der Waals surface area contributed by atoms with Crippen LogP contribution in [0, 0.1) is 0 Å². The van der Waals surface area contributed by atoms with Crippen molar-refractivity contribution in [2.75, 3.05) is 25.1 Å². The van der Waals surface area contributed by atoms with Gasteiger partial charge in [0.25, 0.3) is 0 Å². The van der Waals surface area contributed by atoms with Crippen molar-refractivity contribution in [2.24, 2.45) is 5.73 Å². The van der Waals surface area contributed by atoms with Crippen LogP contribution in [0.25, 0.3) is 0 Å². The molecule has 0 spiro atoms. The molecule has 2 N–H and O–H groups in total. The maximum atomic E-state index is 11.9. The molecule has 0 radical (unpaired) electrons. The number of esters is 1. The van der Waals surface area contributed by atoms with E-state index in [9.17, 15) is 9.59 Å². The Morgan fingerprint density at radius 3 is 2.19 bits per heavy atom. The standard InChI is InChI=1S/C15H22N2O4/c1-15(2,3)21-14(19)10-17(13(18)9-16)11-5-7-12(20-4)8-6-11/h5-8H,9-10,16H2,1-4H3. The summed E-state index contributed by atoms with van der Waals surface area (Å²) in [7, 11) is 1.55. The Balaban J connectivity index is 2.90. The summed E-state index contributed by atoms with van der Waals surface area (Å²) in [5.41, 5.74) is 5.37. The lowest BCUT2D eigenvalue weighted by Gasteiger charge is -2.25. The molecule has 0 saturated carbocycles. The van der Waals surface area contributed by atoms with Crippen molar-refractivity contribution in [1.82, 2.24) is 0 Å². The van der Waals surface area contributed by atoms with Crippen molar-refractivity contribution in [2.45, 2.75) is 26.4 Å². The Morgan fingerprint density at radius 2 is 1.76 bits per heavy atom. The molecule has 0 aliphatic carbocycles. The first-order valence-electron chi connectivity index (χ1n) is 6.63. The molecule has 116 valence electrons. The van der Waals surface area contributed by atoms with Crippen LogP contribution in [-0.4, -0.2) is 37.7 Å². The first-order valence-corrected chi connectivity index (χ1v) is 6.63. The maximum absolute atomic E-state index is 11.9. The minimum absolute atomic E-state index is 0.181. The average Bonchev–Trinajstić information content (AvgIpc) is 2.42. The Bertz CT molecular complexity index is 491. The van der Waals surface area contributed by atoms with Gasteiger partial charge in [-0.2, -0.15) is 0 Å². The van der Waals surface area contributed by atoms with Crippen molar-refractivity contribution in [3.63, 3.8) is 0 Å². The average molecular weight is 294 g/mol. The van der Waals surface area contributed by atoms with Crippen LogP contribution >= 0.6 is 0 Å². The SMILES string of the molecule is COc1ccc(N(CC(=O)OC(C)(C)C)C(=O)CN)cc1. The fraction of sp³-hybridized carbons (Fsp3) is 0.467. The molecule has 0 atom stereocenters. The van der Waals surface area contributed by atoms with Gasteiger partial charge in [-0.15, -0.1) is 0 Å². The highest BCUT2D eigenvalue weighted by Gasteiger charge is 2.22. The number of ether oxygens (including phenoxy) is 2. The summed E-state index contributed by atoms with van der Waals surface area (Å²) in [5.74, 6) is -0.178. The molecule has 1 aromatic rings. The number of hydrogen-bond acceptors (Lipinski definition) is 5. The summed E-state index contributed by atoms with van der Waals surface area (Å²) in [6.45, 7) is 4.95. The van der Waals surface area contributed by atoms with Crippen molar-refractivity contribution in [3.8, 4) is 5.75 Å². The van der Waals surface area contributed by atoms with Crippen molar-refractivity contribution < 1.29 is 19.1 Å². The van der Waals surface area contributed by atoms with E-state index in [1.807, 2.05) is 0 Å². The van der Waals surface area contributed by atoms with E-state index in [0.717, 1.165) is 0 Å². The van der Waals surface area contributed by atoms with Crippen LogP contribution in [0.5, 0.6) is 5.75 Å². The number of nitrogens with zero attached hydrogens (tertiary/aromatic N) is 1. The molecule has 0 fully saturated rings. The molecular formula is C15H22N2O4. The summed E-state index contributed by atoms with van der Waals surface area (Å²) >= 11 is 0. The fourth-order valence-corrected chi connectivity index (χ4v) is 1.70. The zero-order chi connectivity index (χ0) is 16.0. The number of anilines is 1. The second-order valence-electron chi connectivity index (χ2n) is 5.47. The Kier molecular flexibility index (Phi) is 5.72. The largest absolute Gasteiger partial charge is 0.497 e. The quantitative estimate of drug-likeness (QED) is 0.828. The van der Waals surface area contributed by atoms with Gasteiger partial charge in [-0.1, -0.05) is 0 Å². The Hall–Kier alpha value is -2.08. The summed E-state index contributed by atoms with van der Waals surface area (Å²) in [4.78, 5) is 25.1. The van der Waals surface area contributed by atoms with Crippen LogP contribution in [0.4, 0.5) is 5.69 Å². The van der Waals surface area contributed by atoms with Gasteiger partial charge < -0.3 is 20.1 Å². The van der Waals surface area contributed by atoms with E-state index >= 15 is 0 Å². The number of rotatable bonds is 5. The van der Waals surface area contributed by atoms with E-state index in [1.54, 1.807) is 52.1 Å². The highest BCUT2D eigenvalue weighted by Crippen LogP contribution is 2.20. The number of carbonyl (C=O) groups is 2. The Labute approximate surface area is 124 Å². The molecule has 0 unspecified atom stereocenters. The second-order valence-corrected chi connectivity index (χ2v) is 5.47. The lowest BCUT2D eigenvalue weighted by Crippen LogP contribution is -2.41. The molecule has 0 aliphatic heterocycles. The van der Waals surface area contributed by atoms with E-state index in [-0.39, 0.29) is 19.0 Å². The molecule has 0 aromatic heterocycles. The lowest BCUT2D eigenvalue weighted by atomic mass is 10.2. The minimum atomic E-state index is -0.603. The molecule has 0 saturated heterocycles. The lowest BCUT2D eigenvalue weighted by molar-refractivity contribution is -0.153. The molecule has 1 rings (SSSR count). The molecule has 6 nitrogen and oxygen atoms in total. The van der Waals surface area contributed by atoms with E-state index in [4.69, 9.17) is 15.2 Å². The summed E-state index contributed by atoms with van der Waals surface area (Å²) in [6, 6.07) is 6.80. The maximum Gasteiger partial charge on any atom is 0.326 e. The summed E-state index contributed by atoms with van der Waals surface area (Å²) < 4.78 is 10.3. The third kappa shape index (κ3) is 5.43. The van der Waals surface area contributed by atoms with E-state index in [2.05, 4.69) is 0 Å². The van der Waals surface area contributed by atoms with Gasteiger partial charge in [0, 0.05) is 5.69 Å². The van der Waals surface area contributed by atoms with Crippen molar-refractivity contribution >= 4 is 17.6 Å². The number of methoxy groups -OCH3 is 1. The monoisotopic (exact) mass is 294 g/mol. The molecule has 0 heterocycles. The van der Waals surface area contributed by atoms with Gasteiger partial charge in [0.2, 0.25) is 5.91 Å². The normalized spacial score (nSPS) is 10.9. The third-order valence-corrected chi connectivity index (χ3v) is 2.57. The van der Waals surface area contributed by atoms with Crippen LogP contribution in [0.1, 0.15) is 20.8 Å².